The van der Waals surface area contributed by atoms with E-state index in [9.17, 15) is 4.79 Å². The largest absolute Gasteiger partial charge is 0.493 e. The number of rotatable bonds is 10. The van der Waals surface area contributed by atoms with E-state index >= 15 is 0 Å². The number of methoxy groups -OCH3 is 2. The van der Waals surface area contributed by atoms with Crippen LogP contribution in [0, 0.1) is 0 Å². The summed E-state index contributed by atoms with van der Waals surface area (Å²) in [4.78, 5) is 17.9. The zero-order chi connectivity index (χ0) is 23.9. The van der Waals surface area contributed by atoms with Crippen LogP contribution in [-0.4, -0.2) is 58.1 Å². The van der Waals surface area contributed by atoms with Gasteiger partial charge in [0.1, 0.15) is 5.58 Å². The number of fused-ring (bicyclic) bond motifs is 1. The van der Waals surface area contributed by atoms with Crippen molar-refractivity contribution < 1.29 is 13.9 Å². The zero-order valence-electron chi connectivity index (χ0n) is 20.1. The number of nitrogens with one attached hydrogen (secondary N) is 1. The van der Waals surface area contributed by atoms with Crippen molar-refractivity contribution in [2.24, 2.45) is 0 Å². The Bertz CT molecular complexity index is 1160. The van der Waals surface area contributed by atoms with Crippen molar-refractivity contribution in [3.05, 3.63) is 58.4 Å². The first-order chi connectivity index (χ1) is 16.6. The number of nitrogens with zero attached hydrogens (tertiary/aromatic N) is 2. The lowest BCUT2D eigenvalue weighted by molar-refractivity contribution is 0.253. The molecule has 0 unspecified atom stereocenters. The molecule has 0 saturated carbocycles. The van der Waals surface area contributed by atoms with Gasteiger partial charge in [0.15, 0.2) is 16.9 Å². The lowest BCUT2D eigenvalue weighted by Crippen LogP contribution is -2.46. The predicted molar refractivity (Wildman–Crippen MR) is 141 cm³/mol. The molecule has 0 spiro atoms. The smallest absolute Gasteiger partial charge is 0.195 e. The Morgan fingerprint density at radius 3 is 2.53 bits per heavy atom. The second-order valence-electron chi connectivity index (χ2n) is 8.44. The SMILES string of the molecule is COc1cc2occ(CCCCN3CCN(c4cccc(NSC)c4)CC3)c(=O)c2cc1OC. The van der Waals surface area contributed by atoms with Gasteiger partial charge < -0.3 is 23.5 Å². The van der Waals surface area contributed by atoms with E-state index < -0.39 is 0 Å². The van der Waals surface area contributed by atoms with Crippen LogP contribution < -0.4 is 24.5 Å². The summed E-state index contributed by atoms with van der Waals surface area (Å²) in [6.45, 7) is 5.22. The monoisotopic (exact) mass is 483 g/mol. The van der Waals surface area contributed by atoms with Crippen LogP contribution in [0.5, 0.6) is 11.5 Å². The molecule has 1 saturated heterocycles. The van der Waals surface area contributed by atoms with Gasteiger partial charge in [0.05, 0.1) is 25.9 Å². The normalized spacial score (nSPS) is 14.4. The molecule has 2 heterocycles. The third-order valence-electron chi connectivity index (χ3n) is 6.32. The van der Waals surface area contributed by atoms with Gasteiger partial charge in [0.2, 0.25) is 0 Å². The number of aryl methyl sites for hydroxylation is 1. The van der Waals surface area contributed by atoms with Crippen molar-refractivity contribution in [1.82, 2.24) is 4.90 Å². The zero-order valence-corrected chi connectivity index (χ0v) is 21.0. The molecule has 1 N–H and O–H groups in total. The number of anilines is 2. The van der Waals surface area contributed by atoms with Crippen LogP contribution in [0.4, 0.5) is 11.4 Å². The molecule has 0 amide bonds. The van der Waals surface area contributed by atoms with Gasteiger partial charge in [-0.15, -0.1) is 0 Å². The Kier molecular flexibility index (Phi) is 8.24. The van der Waals surface area contributed by atoms with Gasteiger partial charge in [-0.05, 0) is 50.1 Å². The standard InChI is InChI=1S/C26H33N3O4S/c1-31-24-16-22-23(17-25(24)32-2)33-18-19(26(22)30)7-4-5-10-28-11-13-29(14-12-28)21-9-6-8-20(15-21)27-34-3/h6,8-9,15-18,27H,4-5,7,10-14H2,1-3H3. The fourth-order valence-electron chi connectivity index (χ4n) is 4.43. The highest BCUT2D eigenvalue weighted by atomic mass is 32.2. The van der Waals surface area contributed by atoms with Gasteiger partial charge in [-0.2, -0.15) is 0 Å². The van der Waals surface area contributed by atoms with E-state index in [0.717, 1.165) is 51.3 Å². The number of benzene rings is 2. The van der Waals surface area contributed by atoms with Crippen molar-refractivity contribution in [2.45, 2.75) is 19.3 Å². The van der Waals surface area contributed by atoms with Gasteiger partial charge in [-0.1, -0.05) is 18.0 Å². The fraction of sp³-hybridized carbons (Fsp3) is 0.423. The lowest BCUT2D eigenvalue weighted by atomic mass is 10.1. The summed E-state index contributed by atoms with van der Waals surface area (Å²) in [5, 5.41) is 0.531. The molecule has 4 rings (SSSR count). The molecule has 0 atom stereocenters. The molecule has 0 radical (unpaired) electrons. The highest BCUT2D eigenvalue weighted by Gasteiger charge is 2.17. The Morgan fingerprint density at radius 2 is 1.79 bits per heavy atom. The van der Waals surface area contributed by atoms with E-state index in [0.29, 0.717) is 34.5 Å². The number of hydrogen-bond acceptors (Lipinski definition) is 8. The number of ether oxygens (including phenoxy) is 2. The third kappa shape index (κ3) is 5.62. The first kappa shape index (κ1) is 24.3. The first-order valence-corrected chi connectivity index (χ1v) is 12.9. The van der Waals surface area contributed by atoms with Gasteiger partial charge in [-0.3, -0.25) is 9.69 Å². The van der Waals surface area contributed by atoms with Crippen molar-refractivity contribution in [1.29, 1.82) is 0 Å². The third-order valence-corrected chi connectivity index (χ3v) is 6.76. The number of hydrogen-bond donors (Lipinski definition) is 1. The Balaban J connectivity index is 1.27. The molecule has 3 aromatic rings. The summed E-state index contributed by atoms with van der Waals surface area (Å²) >= 11 is 1.61. The quantitative estimate of drug-likeness (QED) is 0.330. The maximum Gasteiger partial charge on any atom is 0.195 e. The molecule has 1 aromatic heterocycles. The minimum absolute atomic E-state index is 0.00834. The van der Waals surface area contributed by atoms with E-state index in [-0.39, 0.29) is 5.43 Å². The number of piperazine rings is 1. The van der Waals surface area contributed by atoms with Crippen LogP contribution in [0.1, 0.15) is 18.4 Å². The molecule has 1 aliphatic heterocycles. The second-order valence-corrected chi connectivity index (χ2v) is 9.05. The lowest BCUT2D eigenvalue weighted by Gasteiger charge is -2.36. The van der Waals surface area contributed by atoms with Crippen LogP contribution >= 0.6 is 11.9 Å². The second kappa shape index (κ2) is 11.5. The fourth-order valence-corrected chi connectivity index (χ4v) is 4.80. The molecule has 34 heavy (non-hydrogen) atoms. The van der Waals surface area contributed by atoms with E-state index in [1.807, 2.05) is 6.26 Å². The molecule has 7 nitrogen and oxygen atoms in total. The summed E-state index contributed by atoms with van der Waals surface area (Å²) < 4.78 is 19.7. The molecule has 0 aliphatic carbocycles. The Hall–Kier alpha value is -2.84. The average molecular weight is 484 g/mol. The van der Waals surface area contributed by atoms with Crippen LogP contribution in [0.25, 0.3) is 11.0 Å². The summed E-state index contributed by atoms with van der Waals surface area (Å²) in [6, 6.07) is 12.0. The van der Waals surface area contributed by atoms with Gasteiger partial charge in [0.25, 0.3) is 0 Å². The molecule has 1 fully saturated rings. The molecule has 0 bridgehead atoms. The van der Waals surface area contributed by atoms with Gasteiger partial charge in [-0.25, -0.2) is 0 Å². The molecule has 182 valence electrons. The summed E-state index contributed by atoms with van der Waals surface area (Å²) in [7, 11) is 3.13. The van der Waals surface area contributed by atoms with Crippen molar-refractivity contribution in [3.8, 4) is 11.5 Å². The highest BCUT2D eigenvalue weighted by molar-refractivity contribution is 7.99. The highest BCUT2D eigenvalue weighted by Crippen LogP contribution is 2.31. The van der Waals surface area contributed by atoms with Gasteiger partial charge >= 0.3 is 0 Å². The van der Waals surface area contributed by atoms with E-state index in [2.05, 4.69) is 38.8 Å². The van der Waals surface area contributed by atoms with E-state index in [1.165, 1.54) is 5.69 Å². The van der Waals surface area contributed by atoms with Crippen molar-refractivity contribution >= 4 is 34.3 Å². The van der Waals surface area contributed by atoms with E-state index in [1.54, 1.807) is 44.6 Å². The minimum atomic E-state index is 0.00834. The molecule has 2 aromatic carbocycles. The van der Waals surface area contributed by atoms with E-state index in [4.69, 9.17) is 13.9 Å². The van der Waals surface area contributed by atoms with Crippen LogP contribution in [0.3, 0.4) is 0 Å². The summed E-state index contributed by atoms with van der Waals surface area (Å²) in [6.07, 6.45) is 6.34. The molecule has 8 heteroatoms. The van der Waals surface area contributed by atoms with Crippen LogP contribution in [0.15, 0.2) is 51.9 Å². The van der Waals surface area contributed by atoms with Crippen molar-refractivity contribution in [2.75, 3.05) is 62.8 Å². The maximum atomic E-state index is 12.9. The predicted octanol–water partition coefficient (Wildman–Crippen LogP) is 4.65. The Morgan fingerprint density at radius 1 is 1.03 bits per heavy atom. The van der Waals surface area contributed by atoms with Crippen molar-refractivity contribution in [3.63, 3.8) is 0 Å². The average Bonchev–Trinajstić information content (AvgIpc) is 2.88. The summed E-state index contributed by atoms with van der Waals surface area (Å²) in [5.74, 6) is 1.08. The maximum absolute atomic E-state index is 12.9. The Labute approximate surface area is 205 Å². The summed E-state index contributed by atoms with van der Waals surface area (Å²) in [5.41, 5.74) is 3.65. The van der Waals surface area contributed by atoms with Gasteiger partial charge in [0, 0.05) is 55.4 Å². The molecule has 1 aliphatic rings. The first-order valence-electron chi connectivity index (χ1n) is 11.7. The van der Waals surface area contributed by atoms with Crippen LogP contribution in [-0.2, 0) is 6.42 Å². The minimum Gasteiger partial charge on any atom is -0.493 e. The molecular formula is C26H33N3O4S. The molecular weight excluding hydrogens is 450 g/mol. The van der Waals surface area contributed by atoms with Crippen LogP contribution in [0.2, 0.25) is 0 Å². The topological polar surface area (TPSA) is 67.2 Å². The number of unbranched alkanes of at least 4 members (excludes halogenated alkanes) is 1.